The van der Waals surface area contributed by atoms with Crippen molar-refractivity contribution in [1.29, 1.82) is 0 Å². The first-order valence-electron chi connectivity index (χ1n) is 8.69. The fourth-order valence-corrected chi connectivity index (χ4v) is 4.23. The molecule has 0 atom stereocenters. The van der Waals surface area contributed by atoms with E-state index in [1.165, 1.54) is 61.7 Å². The predicted molar refractivity (Wildman–Crippen MR) is 100.0 cm³/mol. The average Bonchev–Trinajstić information content (AvgIpc) is 3.03. The van der Waals surface area contributed by atoms with Gasteiger partial charge in [0.2, 0.25) is 0 Å². The third kappa shape index (κ3) is 3.52. The smallest absolute Gasteiger partial charge is 0.160 e. The van der Waals surface area contributed by atoms with Crippen molar-refractivity contribution in [3.05, 3.63) is 59.8 Å². The molecule has 0 spiro atoms. The normalized spacial score (nSPS) is 15.6. The Bertz CT molecular complexity index is 867. The van der Waals surface area contributed by atoms with Crippen LogP contribution in [-0.2, 0) is 0 Å². The van der Waals surface area contributed by atoms with Crippen LogP contribution in [0.15, 0.2) is 47.5 Å². The predicted octanol–water partition coefficient (Wildman–Crippen LogP) is 6.61. The van der Waals surface area contributed by atoms with Crippen molar-refractivity contribution < 1.29 is 8.78 Å². The van der Waals surface area contributed by atoms with Crippen LogP contribution in [0.4, 0.5) is 14.5 Å². The summed E-state index contributed by atoms with van der Waals surface area (Å²) in [5.74, 6) is -0.976. The molecule has 0 aliphatic heterocycles. The number of hydrogen-bond donors (Lipinski definition) is 2. The molecule has 130 valence electrons. The summed E-state index contributed by atoms with van der Waals surface area (Å²) in [5.41, 5.74) is 2.75. The number of aromatic amines is 1. The third-order valence-corrected chi connectivity index (χ3v) is 5.79. The highest BCUT2D eigenvalue weighted by atomic mass is 32.2. The van der Waals surface area contributed by atoms with Crippen LogP contribution in [0.5, 0.6) is 0 Å². The molecule has 1 aliphatic carbocycles. The summed E-state index contributed by atoms with van der Waals surface area (Å²) in [4.78, 5) is 4.06. The zero-order valence-corrected chi connectivity index (χ0v) is 14.6. The average molecular weight is 358 g/mol. The lowest BCUT2D eigenvalue weighted by atomic mass is 9.84. The van der Waals surface area contributed by atoms with E-state index in [9.17, 15) is 8.78 Å². The molecule has 1 fully saturated rings. The van der Waals surface area contributed by atoms with Gasteiger partial charge < -0.3 is 9.71 Å². The molecule has 1 aliphatic rings. The van der Waals surface area contributed by atoms with E-state index in [0.29, 0.717) is 16.8 Å². The van der Waals surface area contributed by atoms with Crippen LogP contribution in [-0.4, -0.2) is 4.98 Å². The summed E-state index contributed by atoms with van der Waals surface area (Å²) in [5, 5.41) is 0.644. The van der Waals surface area contributed by atoms with E-state index >= 15 is 0 Å². The summed E-state index contributed by atoms with van der Waals surface area (Å²) in [6, 6.07) is 11.1. The second-order valence-corrected chi connectivity index (χ2v) is 7.50. The highest BCUT2D eigenvalue weighted by Crippen LogP contribution is 2.34. The minimum absolute atomic E-state index is 0.578. The quantitative estimate of drug-likeness (QED) is 0.513. The topological polar surface area (TPSA) is 27.8 Å². The van der Waals surface area contributed by atoms with Crippen molar-refractivity contribution in [2.45, 2.75) is 42.9 Å². The number of rotatable bonds is 4. The number of aromatic nitrogens is 1. The molecule has 0 bridgehead atoms. The van der Waals surface area contributed by atoms with Gasteiger partial charge in [-0.25, -0.2) is 8.78 Å². The van der Waals surface area contributed by atoms with Crippen LogP contribution >= 0.6 is 11.9 Å². The molecule has 3 aromatic rings. The Morgan fingerprint density at radius 3 is 2.44 bits per heavy atom. The van der Waals surface area contributed by atoms with Crippen molar-refractivity contribution in [1.82, 2.24) is 4.98 Å². The van der Waals surface area contributed by atoms with Gasteiger partial charge in [0.1, 0.15) is 0 Å². The van der Waals surface area contributed by atoms with Crippen LogP contribution in [0.2, 0.25) is 0 Å². The molecule has 4 rings (SSSR count). The number of nitrogens with one attached hydrogen (secondary N) is 2. The Kier molecular flexibility index (Phi) is 4.66. The second kappa shape index (κ2) is 7.08. The molecule has 0 saturated heterocycles. The monoisotopic (exact) mass is 358 g/mol. The van der Waals surface area contributed by atoms with E-state index < -0.39 is 11.6 Å². The zero-order valence-electron chi connectivity index (χ0n) is 13.8. The standard InChI is InChI=1S/C20H20F2N2S/c21-17-10-16-19(11-18(17)22)23-12-20(16)24-25-15-8-6-14(7-9-15)13-4-2-1-3-5-13/h6-13,23-24H,1-5H2. The van der Waals surface area contributed by atoms with E-state index in [0.717, 1.165) is 10.6 Å². The Hall–Kier alpha value is -2.01. The van der Waals surface area contributed by atoms with Gasteiger partial charge in [-0.05, 0) is 54.5 Å². The van der Waals surface area contributed by atoms with E-state index in [2.05, 4.69) is 34.0 Å². The van der Waals surface area contributed by atoms with E-state index in [4.69, 9.17) is 0 Å². The molecule has 0 unspecified atom stereocenters. The van der Waals surface area contributed by atoms with E-state index in [1.54, 1.807) is 6.20 Å². The molecular weight excluding hydrogens is 338 g/mol. The largest absolute Gasteiger partial charge is 0.359 e. The molecule has 1 aromatic heterocycles. The lowest BCUT2D eigenvalue weighted by molar-refractivity contribution is 0.443. The summed E-state index contributed by atoms with van der Waals surface area (Å²) < 4.78 is 30.0. The first-order chi connectivity index (χ1) is 12.2. The maximum Gasteiger partial charge on any atom is 0.160 e. The fourth-order valence-electron chi connectivity index (χ4n) is 3.56. The number of hydrogen-bond acceptors (Lipinski definition) is 2. The van der Waals surface area contributed by atoms with Crippen molar-refractivity contribution in [3.8, 4) is 0 Å². The number of H-pyrrole nitrogens is 1. The lowest BCUT2D eigenvalue weighted by Gasteiger charge is -2.22. The minimum Gasteiger partial charge on any atom is -0.359 e. The van der Waals surface area contributed by atoms with Crippen LogP contribution in [0.25, 0.3) is 10.9 Å². The lowest BCUT2D eigenvalue weighted by Crippen LogP contribution is -2.04. The zero-order chi connectivity index (χ0) is 17.2. The fraction of sp³-hybridized carbons (Fsp3) is 0.300. The van der Waals surface area contributed by atoms with Gasteiger partial charge in [0.25, 0.3) is 0 Å². The molecule has 5 heteroatoms. The third-order valence-electron chi connectivity index (χ3n) is 4.96. The number of fused-ring (bicyclic) bond motifs is 1. The molecule has 2 nitrogen and oxygen atoms in total. The molecule has 0 radical (unpaired) electrons. The van der Waals surface area contributed by atoms with Gasteiger partial charge in [0.15, 0.2) is 11.6 Å². The van der Waals surface area contributed by atoms with Crippen LogP contribution in [0.1, 0.15) is 43.6 Å². The van der Waals surface area contributed by atoms with Gasteiger partial charge in [0.05, 0.1) is 11.2 Å². The summed E-state index contributed by atoms with van der Waals surface area (Å²) >= 11 is 1.47. The molecular formula is C20H20F2N2S. The van der Waals surface area contributed by atoms with Crippen molar-refractivity contribution >= 4 is 28.5 Å². The number of halogens is 2. The van der Waals surface area contributed by atoms with Gasteiger partial charge in [-0.15, -0.1) is 0 Å². The SMILES string of the molecule is Fc1cc2[nH]cc(NSc3ccc(C4CCCCC4)cc3)c2cc1F. The molecule has 25 heavy (non-hydrogen) atoms. The van der Waals surface area contributed by atoms with Gasteiger partial charge >= 0.3 is 0 Å². The minimum atomic E-state index is -0.841. The van der Waals surface area contributed by atoms with Gasteiger partial charge in [-0.2, -0.15) is 0 Å². The first-order valence-corrected chi connectivity index (χ1v) is 9.51. The Morgan fingerprint density at radius 2 is 1.68 bits per heavy atom. The van der Waals surface area contributed by atoms with Crippen LogP contribution in [0.3, 0.4) is 0 Å². The van der Waals surface area contributed by atoms with E-state index in [-0.39, 0.29) is 0 Å². The summed E-state index contributed by atoms with van der Waals surface area (Å²) in [6.45, 7) is 0. The Morgan fingerprint density at radius 1 is 0.960 bits per heavy atom. The first kappa shape index (κ1) is 16.5. The Labute approximate surface area is 150 Å². The maximum atomic E-state index is 13.5. The molecule has 2 N–H and O–H groups in total. The summed E-state index contributed by atoms with van der Waals surface area (Å²) in [7, 11) is 0. The van der Waals surface area contributed by atoms with Crippen molar-refractivity contribution in [2.75, 3.05) is 4.72 Å². The highest BCUT2D eigenvalue weighted by Gasteiger charge is 2.15. The molecule has 1 heterocycles. The molecule has 1 saturated carbocycles. The highest BCUT2D eigenvalue weighted by molar-refractivity contribution is 8.00. The Balaban J connectivity index is 1.45. The number of anilines is 1. The van der Waals surface area contributed by atoms with Crippen molar-refractivity contribution in [2.24, 2.45) is 0 Å². The van der Waals surface area contributed by atoms with Crippen molar-refractivity contribution in [3.63, 3.8) is 0 Å². The van der Waals surface area contributed by atoms with Crippen LogP contribution in [0, 0.1) is 11.6 Å². The van der Waals surface area contributed by atoms with E-state index in [1.807, 2.05) is 0 Å². The van der Waals surface area contributed by atoms with Crippen LogP contribution < -0.4 is 4.72 Å². The molecule has 2 aromatic carbocycles. The van der Waals surface area contributed by atoms with Gasteiger partial charge in [-0.1, -0.05) is 31.4 Å². The maximum absolute atomic E-state index is 13.5. The summed E-state index contributed by atoms with van der Waals surface area (Å²) in [6.07, 6.45) is 8.35. The van der Waals surface area contributed by atoms with Gasteiger partial charge in [-0.3, -0.25) is 0 Å². The van der Waals surface area contributed by atoms with Gasteiger partial charge in [0, 0.05) is 22.5 Å². The molecule has 0 amide bonds. The number of benzene rings is 2. The second-order valence-electron chi connectivity index (χ2n) is 6.62.